The molecule has 0 aliphatic heterocycles. The zero-order valence-corrected chi connectivity index (χ0v) is 14.0. The van der Waals surface area contributed by atoms with Gasteiger partial charge < -0.3 is 9.84 Å². The normalized spacial score (nSPS) is 10.2. The summed E-state index contributed by atoms with van der Waals surface area (Å²) in [6, 6.07) is 20.2. The monoisotopic (exact) mass is 353 g/mol. The summed E-state index contributed by atoms with van der Waals surface area (Å²) in [5.41, 5.74) is 1.79. The molecule has 0 spiro atoms. The molecule has 6 heteroatoms. The molecular weight excluding hydrogens is 338 g/mol. The number of carboxylic acids is 1. The molecule has 0 radical (unpaired) electrons. The molecule has 25 heavy (non-hydrogen) atoms. The van der Waals surface area contributed by atoms with Crippen LogP contribution in [0.3, 0.4) is 0 Å². The van der Waals surface area contributed by atoms with Crippen molar-refractivity contribution >= 4 is 28.4 Å². The molecule has 3 rings (SSSR count). The van der Waals surface area contributed by atoms with Crippen LogP contribution in [-0.4, -0.2) is 17.2 Å². The molecule has 0 saturated carbocycles. The quantitative estimate of drug-likeness (QED) is 0.687. The van der Waals surface area contributed by atoms with Crippen LogP contribution in [0.15, 0.2) is 66.7 Å². The molecule has 0 fully saturated rings. The zero-order valence-electron chi connectivity index (χ0n) is 13.1. The van der Waals surface area contributed by atoms with Crippen LogP contribution in [0.5, 0.6) is 0 Å². The molecule has 2 aromatic carbocycles. The highest BCUT2D eigenvalue weighted by Crippen LogP contribution is 2.35. The Kier molecular flexibility index (Phi) is 5.11. The van der Waals surface area contributed by atoms with E-state index >= 15 is 0 Å². The molecule has 5 nitrogen and oxygen atoms in total. The van der Waals surface area contributed by atoms with Gasteiger partial charge in [-0.05, 0) is 17.2 Å². The van der Waals surface area contributed by atoms with Gasteiger partial charge in [-0.2, -0.15) is 0 Å². The molecule has 2 N–H and O–H groups in total. The minimum absolute atomic E-state index is 0.0421. The Bertz CT molecular complexity index is 875. The standard InChI is InChI=1S/C19H15NO4S/c21-18(22)15-11-16(14-9-5-2-6-10-14)25-17(15)20-19(23)24-12-13-7-3-1-4-8-13/h1-11H,12H2,(H,20,23)(H,21,22). The second kappa shape index (κ2) is 7.63. The molecular formula is C19H15NO4S. The average molecular weight is 353 g/mol. The van der Waals surface area contributed by atoms with E-state index in [0.29, 0.717) is 0 Å². The van der Waals surface area contributed by atoms with E-state index in [1.165, 1.54) is 11.3 Å². The van der Waals surface area contributed by atoms with Gasteiger partial charge >= 0.3 is 12.1 Å². The summed E-state index contributed by atoms with van der Waals surface area (Å²) in [5.74, 6) is -1.10. The van der Waals surface area contributed by atoms with E-state index < -0.39 is 12.1 Å². The minimum atomic E-state index is -1.10. The molecule has 1 amide bonds. The molecule has 1 heterocycles. The average Bonchev–Trinajstić information content (AvgIpc) is 3.06. The number of carboxylic acid groups (broad SMARTS) is 1. The van der Waals surface area contributed by atoms with Gasteiger partial charge in [0, 0.05) is 4.88 Å². The molecule has 3 aromatic rings. The lowest BCUT2D eigenvalue weighted by atomic mass is 10.1. The van der Waals surface area contributed by atoms with Gasteiger partial charge in [0.1, 0.15) is 11.6 Å². The first-order valence-corrected chi connectivity index (χ1v) is 8.35. The number of carbonyl (C=O) groups excluding carboxylic acids is 1. The van der Waals surface area contributed by atoms with Crippen molar-refractivity contribution in [1.29, 1.82) is 0 Å². The zero-order chi connectivity index (χ0) is 17.6. The highest BCUT2D eigenvalue weighted by molar-refractivity contribution is 7.20. The topological polar surface area (TPSA) is 75.6 Å². The second-order valence-corrected chi connectivity index (χ2v) is 6.26. The highest BCUT2D eigenvalue weighted by atomic mass is 32.1. The number of aromatic carboxylic acids is 1. The largest absolute Gasteiger partial charge is 0.478 e. The van der Waals surface area contributed by atoms with Gasteiger partial charge in [0.2, 0.25) is 0 Å². The Morgan fingerprint density at radius 3 is 2.28 bits per heavy atom. The number of rotatable bonds is 5. The third kappa shape index (κ3) is 4.24. The summed E-state index contributed by atoms with van der Waals surface area (Å²) < 4.78 is 5.15. The second-order valence-electron chi connectivity index (χ2n) is 5.21. The van der Waals surface area contributed by atoms with Crippen LogP contribution in [0, 0.1) is 0 Å². The Balaban J connectivity index is 1.73. The first kappa shape index (κ1) is 16.7. The molecule has 0 atom stereocenters. The Morgan fingerprint density at radius 2 is 1.64 bits per heavy atom. The van der Waals surface area contributed by atoms with Gasteiger partial charge in [-0.25, -0.2) is 9.59 Å². The van der Waals surface area contributed by atoms with E-state index in [1.54, 1.807) is 6.07 Å². The van der Waals surface area contributed by atoms with Crippen molar-refractivity contribution in [3.05, 3.63) is 77.9 Å². The van der Waals surface area contributed by atoms with Gasteiger partial charge in [-0.15, -0.1) is 11.3 Å². The van der Waals surface area contributed by atoms with Crippen LogP contribution in [0.1, 0.15) is 15.9 Å². The van der Waals surface area contributed by atoms with Crippen molar-refractivity contribution in [1.82, 2.24) is 0 Å². The summed E-state index contributed by atoms with van der Waals surface area (Å²) >= 11 is 1.20. The first-order chi connectivity index (χ1) is 12.1. The molecule has 0 bridgehead atoms. The lowest BCUT2D eigenvalue weighted by Gasteiger charge is -2.06. The maximum atomic E-state index is 12.0. The summed E-state index contributed by atoms with van der Waals surface area (Å²) in [6.45, 7) is 0.117. The molecule has 1 aromatic heterocycles. The van der Waals surface area contributed by atoms with Crippen molar-refractivity contribution in [2.45, 2.75) is 6.61 Å². The third-order valence-electron chi connectivity index (χ3n) is 3.45. The SMILES string of the molecule is O=C(Nc1sc(-c2ccccc2)cc1C(=O)O)OCc1ccccc1. The van der Waals surface area contributed by atoms with Gasteiger partial charge in [0.05, 0.1) is 5.56 Å². The molecule has 0 saturated heterocycles. The molecule has 0 unspecified atom stereocenters. The van der Waals surface area contributed by atoms with E-state index in [9.17, 15) is 14.7 Å². The number of carbonyl (C=O) groups is 2. The van der Waals surface area contributed by atoms with Gasteiger partial charge in [0.15, 0.2) is 0 Å². The number of anilines is 1. The van der Waals surface area contributed by atoms with E-state index in [0.717, 1.165) is 16.0 Å². The summed E-state index contributed by atoms with van der Waals surface area (Å²) in [5, 5.41) is 12.1. The fraction of sp³-hybridized carbons (Fsp3) is 0.0526. The van der Waals surface area contributed by atoms with Crippen molar-refractivity contribution in [2.75, 3.05) is 5.32 Å². The van der Waals surface area contributed by atoms with Crippen LogP contribution < -0.4 is 5.32 Å². The van der Waals surface area contributed by atoms with Gasteiger partial charge in [0.25, 0.3) is 0 Å². The van der Waals surface area contributed by atoms with Crippen molar-refractivity contribution in [2.24, 2.45) is 0 Å². The van der Waals surface area contributed by atoms with Crippen molar-refractivity contribution in [3.63, 3.8) is 0 Å². The lowest BCUT2D eigenvalue weighted by Crippen LogP contribution is -2.14. The number of nitrogens with one attached hydrogen (secondary N) is 1. The predicted octanol–water partition coefficient (Wildman–Crippen LogP) is 4.86. The molecule has 0 aliphatic rings. The number of amides is 1. The van der Waals surface area contributed by atoms with E-state index in [1.807, 2.05) is 60.7 Å². The minimum Gasteiger partial charge on any atom is -0.478 e. The number of thiophene rings is 1. The summed E-state index contributed by atoms with van der Waals surface area (Å²) in [7, 11) is 0. The van der Waals surface area contributed by atoms with Crippen LogP contribution in [0.2, 0.25) is 0 Å². The van der Waals surface area contributed by atoms with E-state index in [2.05, 4.69) is 5.32 Å². The van der Waals surface area contributed by atoms with Crippen LogP contribution >= 0.6 is 11.3 Å². The number of ether oxygens (including phenoxy) is 1. The fourth-order valence-electron chi connectivity index (χ4n) is 2.24. The summed E-state index contributed by atoms with van der Waals surface area (Å²) in [4.78, 5) is 24.2. The smallest absolute Gasteiger partial charge is 0.412 e. The van der Waals surface area contributed by atoms with Crippen molar-refractivity contribution in [3.8, 4) is 10.4 Å². The Morgan fingerprint density at radius 1 is 1.00 bits per heavy atom. The highest BCUT2D eigenvalue weighted by Gasteiger charge is 2.18. The number of hydrogen-bond donors (Lipinski definition) is 2. The van der Waals surface area contributed by atoms with E-state index in [-0.39, 0.29) is 17.2 Å². The van der Waals surface area contributed by atoms with Crippen LogP contribution in [-0.2, 0) is 11.3 Å². The predicted molar refractivity (Wildman–Crippen MR) is 97.0 cm³/mol. The Hall–Kier alpha value is -3.12. The molecule has 0 aliphatic carbocycles. The maximum absolute atomic E-state index is 12.0. The van der Waals surface area contributed by atoms with Gasteiger partial charge in [-0.1, -0.05) is 60.7 Å². The Labute approximate surface area is 148 Å². The van der Waals surface area contributed by atoms with E-state index in [4.69, 9.17) is 4.74 Å². The summed E-state index contributed by atoms with van der Waals surface area (Å²) in [6.07, 6.45) is -0.687. The number of hydrogen-bond acceptors (Lipinski definition) is 4. The molecule has 126 valence electrons. The van der Waals surface area contributed by atoms with Crippen molar-refractivity contribution < 1.29 is 19.4 Å². The third-order valence-corrected chi connectivity index (χ3v) is 4.55. The van der Waals surface area contributed by atoms with Crippen LogP contribution in [0.25, 0.3) is 10.4 Å². The maximum Gasteiger partial charge on any atom is 0.412 e. The number of benzene rings is 2. The van der Waals surface area contributed by atoms with Crippen LogP contribution in [0.4, 0.5) is 9.80 Å². The van der Waals surface area contributed by atoms with Gasteiger partial charge in [-0.3, -0.25) is 5.32 Å². The fourth-order valence-corrected chi connectivity index (χ4v) is 3.28. The first-order valence-electron chi connectivity index (χ1n) is 7.54. The lowest BCUT2D eigenvalue weighted by molar-refractivity contribution is 0.0698.